The number of rotatable bonds is 4. The zero-order valence-electron chi connectivity index (χ0n) is 8.04. The maximum Gasteiger partial charge on any atom is 0.333 e. The molecule has 3 nitrogen and oxygen atoms in total. The van der Waals surface area contributed by atoms with E-state index in [1.54, 1.807) is 18.2 Å². The van der Waals surface area contributed by atoms with Gasteiger partial charge in [0.2, 0.25) is 0 Å². The molecule has 1 N–H and O–H groups in total. The number of hydrogen-bond acceptors (Lipinski definition) is 2. The minimum Gasteiger partial charge on any atom is -0.479 e. The van der Waals surface area contributed by atoms with Crippen LogP contribution < -0.4 is 0 Å². The van der Waals surface area contributed by atoms with Crippen LogP contribution in [0.25, 0.3) is 0 Å². The Labute approximate surface area is 97.6 Å². The summed E-state index contributed by atoms with van der Waals surface area (Å²) in [5.74, 6) is -1.01. The zero-order valence-corrected chi connectivity index (χ0v) is 9.55. The normalized spacial score (nSPS) is 12.5. The predicted molar refractivity (Wildman–Crippen MR) is 58.6 cm³/mol. The van der Waals surface area contributed by atoms with Crippen LogP contribution in [-0.4, -0.2) is 24.3 Å². The third-order valence-corrected chi connectivity index (χ3v) is 2.34. The average Bonchev–Trinajstić information content (AvgIpc) is 2.12. The van der Waals surface area contributed by atoms with Gasteiger partial charge in [0.15, 0.2) is 6.10 Å². The smallest absolute Gasteiger partial charge is 0.333 e. The van der Waals surface area contributed by atoms with Crippen molar-refractivity contribution >= 4 is 29.2 Å². The SMILES string of the molecule is CO[C@@H](Cc1cc(Cl)cc(Cl)c1)C(=O)O. The number of ether oxygens (including phenoxy) is 1. The van der Waals surface area contributed by atoms with Crippen LogP contribution in [0.4, 0.5) is 0 Å². The Hall–Kier alpha value is -0.770. The summed E-state index contributed by atoms with van der Waals surface area (Å²) in [5, 5.41) is 9.75. The number of hydrogen-bond donors (Lipinski definition) is 1. The first-order valence-electron chi connectivity index (χ1n) is 4.23. The maximum absolute atomic E-state index is 10.7. The highest BCUT2D eigenvalue weighted by molar-refractivity contribution is 6.34. The largest absolute Gasteiger partial charge is 0.479 e. The summed E-state index contributed by atoms with van der Waals surface area (Å²) < 4.78 is 4.81. The summed E-state index contributed by atoms with van der Waals surface area (Å²) >= 11 is 11.6. The fourth-order valence-electron chi connectivity index (χ4n) is 1.21. The van der Waals surface area contributed by atoms with Crippen LogP contribution in [0.15, 0.2) is 18.2 Å². The molecular formula is C10H10Cl2O3. The summed E-state index contributed by atoms with van der Waals surface area (Å²) in [7, 11) is 1.35. The highest BCUT2D eigenvalue weighted by atomic mass is 35.5. The average molecular weight is 249 g/mol. The minimum absolute atomic E-state index is 0.242. The van der Waals surface area contributed by atoms with Crippen LogP contribution in [-0.2, 0) is 16.0 Å². The van der Waals surface area contributed by atoms with Gasteiger partial charge in [-0.15, -0.1) is 0 Å². The van der Waals surface area contributed by atoms with Gasteiger partial charge in [-0.2, -0.15) is 0 Å². The molecule has 0 radical (unpaired) electrons. The van der Waals surface area contributed by atoms with Gasteiger partial charge in [-0.25, -0.2) is 4.79 Å². The van der Waals surface area contributed by atoms with E-state index in [2.05, 4.69) is 0 Å². The number of benzene rings is 1. The van der Waals surface area contributed by atoms with Crippen molar-refractivity contribution in [3.05, 3.63) is 33.8 Å². The molecule has 1 aromatic carbocycles. The van der Waals surface area contributed by atoms with Crippen molar-refractivity contribution in [2.75, 3.05) is 7.11 Å². The highest BCUT2D eigenvalue weighted by Gasteiger charge is 2.17. The molecule has 0 aromatic heterocycles. The molecule has 5 heteroatoms. The van der Waals surface area contributed by atoms with E-state index in [0.29, 0.717) is 10.0 Å². The Morgan fingerprint density at radius 1 is 1.40 bits per heavy atom. The molecule has 0 aliphatic heterocycles. The van der Waals surface area contributed by atoms with Crippen molar-refractivity contribution in [1.82, 2.24) is 0 Å². The molecule has 15 heavy (non-hydrogen) atoms. The van der Waals surface area contributed by atoms with E-state index in [9.17, 15) is 4.79 Å². The van der Waals surface area contributed by atoms with Crippen molar-refractivity contribution in [2.45, 2.75) is 12.5 Å². The van der Waals surface area contributed by atoms with Crippen LogP contribution in [0.5, 0.6) is 0 Å². The van der Waals surface area contributed by atoms with Crippen molar-refractivity contribution in [3.63, 3.8) is 0 Å². The number of carboxylic acids is 1. The van der Waals surface area contributed by atoms with E-state index in [1.807, 2.05) is 0 Å². The van der Waals surface area contributed by atoms with Gasteiger partial charge in [-0.05, 0) is 23.8 Å². The Morgan fingerprint density at radius 3 is 2.33 bits per heavy atom. The Kier molecular flexibility index (Phi) is 4.39. The third-order valence-electron chi connectivity index (χ3n) is 1.90. The lowest BCUT2D eigenvalue weighted by Crippen LogP contribution is -2.24. The summed E-state index contributed by atoms with van der Waals surface area (Å²) in [6.45, 7) is 0. The molecule has 0 heterocycles. The molecule has 0 aliphatic carbocycles. The summed E-state index contributed by atoms with van der Waals surface area (Å²) in [5.41, 5.74) is 0.738. The molecule has 1 rings (SSSR count). The first-order chi connectivity index (χ1) is 7.02. The molecule has 0 amide bonds. The van der Waals surface area contributed by atoms with E-state index in [1.165, 1.54) is 7.11 Å². The van der Waals surface area contributed by atoms with Gasteiger partial charge in [0.05, 0.1) is 0 Å². The Morgan fingerprint density at radius 2 is 1.93 bits per heavy atom. The lowest BCUT2D eigenvalue weighted by Gasteiger charge is -2.10. The van der Waals surface area contributed by atoms with E-state index in [4.69, 9.17) is 33.0 Å². The second kappa shape index (κ2) is 5.35. The van der Waals surface area contributed by atoms with Gasteiger partial charge in [0, 0.05) is 23.6 Å². The van der Waals surface area contributed by atoms with Crippen molar-refractivity contribution in [3.8, 4) is 0 Å². The number of aliphatic carboxylic acids is 1. The summed E-state index contributed by atoms with van der Waals surface area (Å²) in [6, 6.07) is 4.93. The van der Waals surface area contributed by atoms with Crippen LogP contribution in [0.2, 0.25) is 10.0 Å². The van der Waals surface area contributed by atoms with E-state index >= 15 is 0 Å². The molecule has 0 unspecified atom stereocenters. The molecule has 1 atom stereocenters. The molecule has 82 valence electrons. The predicted octanol–water partition coefficient (Wildman–Crippen LogP) is 2.64. The monoisotopic (exact) mass is 248 g/mol. The zero-order chi connectivity index (χ0) is 11.4. The molecule has 1 aromatic rings. The molecule has 0 aliphatic rings. The third kappa shape index (κ3) is 3.70. The first-order valence-corrected chi connectivity index (χ1v) is 4.99. The molecular weight excluding hydrogens is 239 g/mol. The fourth-order valence-corrected chi connectivity index (χ4v) is 1.79. The van der Waals surface area contributed by atoms with Crippen LogP contribution in [0.1, 0.15) is 5.56 Å². The van der Waals surface area contributed by atoms with Gasteiger partial charge in [0.1, 0.15) is 0 Å². The second-order valence-corrected chi connectivity index (χ2v) is 3.92. The highest BCUT2D eigenvalue weighted by Crippen LogP contribution is 2.20. The van der Waals surface area contributed by atoms with Gasteiger partial charge >= 0.3 is 5.97 Å². The molecule has 0 spiro atoms. The summed E-state index contributed by atoms with van der Waals surface area (Å²) in [4.78, 5) is 10.7. The van der Waals surface area contributed by atoms with Crippen molar-refractivity contribution in [1.29, 1.82) is 0 Å². The Balaban J connectivity index is 2.83. The van der Waals surface area contributed by atoms with Crippen LogP contribution >= 0.6 is 23.2 Å². The Bertz CT molecular complexity index is 345. The molecule has 0 fully saturated rings. The van der Waals surface area contributed by atoms with Crippen LogP contribution in [0.3, 0.4) is 0 Å². The standard InChI is InChI=1S/C10H10Cl2O3/c1-15-9(10(13)14)4-6-2-7(11)5-8(12)3-6/h2-3,5,9H,4H2,1H3,(H,13,14)/t9-/m0/s1. The fraction of sp³-hybridized carbons (Fsp3) is 0.300. The van der Waals surface area contributed by atoms with E-state index in [-0.39, 0.29) is 6.42 Å². The number of carbonyl (C=O) groups is 1. The van der Waals surface area contributed by atoms with Crippen molar-refractivity contribution < 1.29 is 14.6 Å². The van der Waals surface area contributed by atoms with Gasteiger partial charge in [-0.3, -0.25) is 0 Å². The van der Waals surface area contributed by atoms with Crippen LogP contribution in [0, 0.1) is 0 Å². The van der Waals surface area contributed by atoms with Crippen molar-refractivity contribution in [2.24, 2.45) is 0 Å². The number of halogens is 2. The number of methoxy groups -OCH3 is 1. The van der Waals surface area contributed by atoms with Gasteiger partial charge in [-0.1, -0.05) is 23.2 Å². The van der Waals surface area contributed by atoms with E-state index in [0.717, 1.165) is 5.56 Å². The molecule has 0 saturated heterocycles. The second-order valence-electron chi connectivity index (χ2n) is 3.04. The number of carboxylic acid groups (broad SMARTS) is 1. The maximum atomic E-state index is 10.7. The van der Waals surface area contributed by atoms with Gasteiger partial charge < -0.3 is 9.84 Å². The molecule has 0 bridgehead atoms. The van der Waals surface area contributed by atoms with Gasteiger partial charge in [0.25, 0.3) is 0 Å². The summed E-state index contributed by atoms with van der Waals surface area (Å²) in [6.07, 6.45) is -0.633. The lowest BCUT2D eigenvalue weighted by atomic mass is 10.1. The quantitative estimate of drug-likeness (QED) is 0.892. The molecule has 0 saturated carbocycles. The first kappa shape index (κ1) is 12.3. The minimum atomic E-state index is -1.01. The van der Waals surface area contributed by atoms with E-state index < -0.39 is 12.1 Å². The topological polar surface area (TPSA) is 46.5 Å². The lowest BCUT2D eigenvalue weighted by molar-refractivity contribution is -0.148.